The lowest BCUT2D eigenvalue weighted by atomic mass is 10.00. The van der Waals surface area contributed by atoms with Crippen molar-refractivity contribution in [1.82, 2.24) is 0 Å². The van der Waals surface area contributed by atoms with Gasteiger partial charge in [-0.25, -0.2) is 0 Å². The van der Waals surface area contributed by atoms with E-state index in [0.717, 1.165) is 23.8 Å². The first-order chi connectivity index (χ1) is 6.19. The molecule has 1 N–H and O–H groups in total. The summed E-state index contributed by atoms with van der Waals surface area (Å²) < 4.78 is 0. The highest BCUT2D eigenvalue weighted by molar-refractivity contribution is 5.62. The fraction of sp³-hybridized carbons (Fsp3) is 0.364. The number of aromatic hydroxyl groups is 1. The molecule has 70 valence electrons. The lowest BCUT2D eigenvalue weighted by Crippen LogP contribution is -1.94. The quantitative estimate of drug-likeness (QED) is 0.721. The van der Waals surface area contributed by atoms with Gasteiger partial charge in [-0.2, -0.15) is 0 Å². The molecule has 0 fully saturated rings. The highest BCUT2D eigenvalue weighted by Crippen LogP contribution is 2.23. The molecule has 1 aromatic carbocycles. The van der Waals surface area contributed by atoms with Crippen LogP contribution in [0.25, 0.3) is 0 Å². The number of rotatable bonds is 3. The molecule has 0 saturated carbocycles. The first-order valence-corrected chi connectivity index (χ1v) is 4.46. The number of aldehydes is 1. The first-order valence-electron chi connectivity index (χ1n) is 4.46. The van der Waals surface area contributed by atoms with Gasteiger partial charge in [-0.05, 0) is 23.6 Å². The Balaban J connectivity index is 3.02. The molecule has 0 spiro atoms. The lowest BCUT2D eigenvalue weighted by Gasteiger charge is -2.07. The topological polar surface area (TPSA) is 37.3 Å². The molecular formula is C11H14O2. The van der Waals surface area contributed by atoms with Crippen LogP contribution in [0, 0.1) is 0 Å². The largest absolute Gasteiger partial charge is 0.508 e. The molecule has 13 heavy (non-hydrogen) atoms. The number of aryl methyl sites for hydroxylation is 1. The summed E-state index contributed by atoms with van der Waals surface area (Å²) in [7, 11) is 0. The second-order valence-corrected chi connectivity index (χ2v) is 3.17. The van der Waals surface area contributed by atoms with E-state index in [1.165, 1.54) is 0 Å². The van der Waals surface area contributed by atoms with Gasteiger partial charge in [-0.1, -0.05) is 26.0 Å². The minimum absolute atomic E-state index is 0.142. The second kappa shape index (κ2) is 4.08. The number of phenols is 1. The third kappa shape index (κ3) is 2.08. The van der Waals surface area contributed by atoms with E-state index in [1.54, 1.807) is 6.07 Å². The predicted octanol–water partition coefficient (Wildman–Crippen LogP) is 2.26. The van der Waals surface area contributed by atoms with E-state index in [2.05, 4.69) is 0 Å². The minimum Gasteiger partial charge on any atom is -0.508 e. The van der Waals surface area contributed by atoms with Crippen molar-refractivity contribution in [3.05, 3.63) is 29.3 Å². The average Bonchev–Trinajstić information content (AvgIpc) is 2.16. The van der Waals surface area contributed by atoms with Gasteiger partial charge in [0.25, 0.3) is 0 Å². The molecule has 2 nitrogen and oxygen atoms in total. The van der Waals surface area contributed by atoms with Crippen LogP contribution < -0.4 is 0 Å². The van der Waals surface area contributed by atoms with Gasteiger partial charge < -0.3 is 9.90 Å². The monoisotopic (exact) mass is 178 g/mol. The summed E-state index contributed by atoms with van der Waals surface area (Å²) in [5.74, 6) is 0.144. The fourth-order valence-corrected chi connectivity index (χ4v) is 1.24. The number of carbonyl (C=O) groups excluding carboxylic acids is 1. The maximum absolute atomic E-state index is 10.5. The molecule has 1 aromatic rings. The van der Waals surface area contributed by atoms with E-state index in [9.17, 15) is 9.90 Å². The Labute approximate surface area is 78.2 Å². The maximum atomic E-state index is 10.5. The Morgan fingerprint density at radius 3 is 2.69 bits per heavy atom. The summed E-state index contributed by atoms with van der Waals surface area (Å²) >= 11 is 0. The van der Waals surface area contributed by atoms with Gasteiger partial charge in [0.05, 0.1) is 0 Å². The number of hydrogen-bond acceptors (Lipinski definition) is 2. The summed E-state index contributed by atoms with van der Waals surface area (Å²) in [5, 5.41) is 9.52. The van der Waals surface area contributed by atoms with Gasteiger partial charge in [0.2, 0.25) is 0 Å². The van der Waals surface area contributed by atoms with Crippen molar-refractivity contribution in [1.29, 1.82) is 0 Å². The van der Waals surface area contributed by atoms with Crippen LogP contribution in [0.1, 0.15) is 30.9 Å². The Kier molecular flexibility index (Phi) is 3.07. The van der Waals surface area contributed by atoms with Crippen LogP contribution in [-0.2, 0) is 11.2 Å². The summed E-state index contributed by atoms with van der Waals surface area (Å²) in [6.45, 7) is 3.80. The van der Waals surface area contributed by atoms with E-state index in [4.69, 9.17) is 0 Å². The molecule has 2 heteroatoms. The van der Waals surface area contributed by atoms with Crippen LogP contribution >= 0.6 is 0 Å². The first kappa shape index (κ1) is 9.78. The summed E-state index contributed by atoms with van der Waals surface area (Å²) in [6, 6.07) is 5.42. The Morgan fingerprint density at radius 1 is 1.54 bits per heavy atom. The van der Waals surface area contributed by atoms with Gasteiger partial charge in [0.15, 0.2) is 0 Å². The van der Waals surface area contributed by atoms with Crippen molar-refractivity contribution in [3.63, 3.8) is 0 Å². The predicted molar refractivity (Wildman–Crippen MR) is 52.0 cm³/mol. The molecular weight excluding hydrogens is 164 g/mol. The van der Waals surface area contributed by atoms with E-state index in [-0.39, 0.29) is 11.7 Å². The maximum Gasteiger partial charge on any atom is 0.127 e. The molecule has 0 radical (unpaired) electrons. The Bertz CT molecular complexity index is 305. The van der Waals surface area contributed by atoms with E-state index < -0.39 is 0 Å². The summed E-state index contributed by atoms with van der Waals surface area (Å²) in [6.07, 6.45) is 1.68. The molecule has 0 aliphatic carbocycles. The van der Waals surface area contributed by atoms with E-state index >= 15 is 0 Å². The van der Waals surface area contributed by atoms with Crippen molar-refractivity contribution in [2.75, 3.05) is 0 Å². The molecule has 1 unspecified atom stereocenters. The third-order valence-electron chi connectivity index (χ3n) is 2.22. The zero-order valence-electron chi connectivity index (χ0n) is 7.95. The number of hydrogen-bond donors (Lipinski definition) is 1. The normalized spacial score (nSPS) is 12.5. The average molecular weight is 178 g/mol. The van der Waals surface area contributed by atoms with Gasteiger partial charge in [0, 0.05) is 5.92 Å². The number of benzene rings is 1. The Hall–Kier alpha value is -1.31. The number of phenolic OH excluding ortho intramolecular Hbond substituents is 1. The van der Waals surface area contributed by atoms with Crippen LogP contribution in [0.2, 0.25) is 0 Å². The van der Waals surface area contributed by atoms with Crippen LogP contribution in [0.4, 0.5) is 0 Å². The Morgan fingerprint density at radius 2 is 2.23 bits per heavy atom. The van der Waals surface area contributed by atoms with Crippen molar-refractivity contribution >= 4 is 6.29 Å². The third-order valence-corrected chi connectivity index (χ3v) is 2.22. The molecule has 0 aliphatic rings. The highest BCUT2D eigenvalue weighted by atomic mass is 16.3. The molecule has 0 amide bonds. The molecule has 0 aromatic heterocycles. The zero-order valence-corrected chi connectivity index (χ0v) is 7.95. The van der Waals surface area contributed by atoms with Crippen LogP contribution in [0.5, 0.6) is 5.75 Å². The van der Waals surface area contributed by atoms with E-state index in [0.29, 0.717) is 0 Å². The standard InChI is InChI=1S/C11H14O2/c1-3-9-4-5-10(6-11(9)13)8(2)7-12/h4-8,13H,3H2,1-2H3. The highest BCUT2D eigenvalue weighted by Gasteiger charge is 2.06. The van der Waals surface area contributed by atoms with Gasteiger partial charge in [-0.15, -0.1) is 0 Å². The molecule has 0 heterocycles. The van der Waals surface area contributed by atoms with Crippen molar-refractivity contribution in [2.45, 2.75) is 26.2 Å². The van der Waals surface area contributed by atoms with E-state index in [1.807, 2.05) is 26.0 Å². The van der Waals surface area contributed by atoms with Crippen LogP contribution in [0.15, 0.2) is 18.2 Å². The molecule has 1 atom stereocenters. The molecule has 0 bridgehead atoms. The minimum atomic E-state index is -0.142. The molecule has 0 aliphatic heterocycles. The molecule has 1 rings (SSSR count). The number of carbonyl (C=O) groups is 1. The van der Waals surface area contributed by atoms with Gasteiger partial charge >= 0.3 is 0 Å². The second-order valence-electron chi connectivity index (χ2n) is 3.17. The van der Waals surface area contributed by atoms with Crippen molar-refractivity contribution in [3.8, 4) is 5.75 Å². The smallest absolute Gasteiger partial charge is 0.127 e. The van der Waals surface area contributed by atoms with Crippen molar-refractivity contribution in [2.24, 2.45) is 0 Å². The fourth-order valence-electron chi connectivity index (χ4n) is 1.24. The van der Waals surface area contributed by atoms with Crippen molar-refractivity contribution < 1.29 is 9.90 Å². The van der Waals surface area contributed by atoms with Crippen LogP contribution in [0.3, 0.4) is 0 Å². The summed E-state index contributed by atoms with van der Waals surface area (Å²) in [5.41, 5.74) is 1.78. The van der Waals surface area contributed by atoms with Gasteiger partial charge in [0.1, 0.15) is 12.0 Å². The summed E-state index contributed by atoms with van der Waals surface area (Å²) in [4.78, 5) is 10.5. The van der Waals surface area contributed by atoms with Crippen LogP contribution in [-0.4, -0.2) is 11.4 Å². The molecule has 0 saturated heterocycles. The van der Waals surface area contributed by atoms with Gasteiger partial charge in [-0.3, -0.25) is 0 Å². The zero-order chi connectivity index (χ0) is 9.84. The lowest BCUT2D eigenvalue weighted by molar-refractivity contribution is -0.108. The SMILES string of the molecule is CCc1ccc(C(C)C=O)cc1O.